The summed E-state index contributed by atoms with van der Waals surface area (Å²) in [5.41, 5.74) is -3.17. The van der Waals surface area contributed by atoms with Crippen molar-refractivity contribution in [3.8, 4) is 33.2 Å². The summed E-state index contributed by atoms with van der Waals surface area (Å²) in [6.07, 6.45) is -2.41. The Hall–Kier alpha value is -2.70. The SMILES string of the molecule is BC(C)(O)Cn1ncc(-c2onc(-c3c(F)cccc3Cl)c2-c2nccs2)c1C(F)(F)F. The van der Waals surface area contributed by atoms with Crippen molar-refractivity contribution in [1.82, 2.24) is 19.9 Å². The fourth-order valence-corrected chi connectivity index (χ4v) is 4.18. The van der Waals surface area contributed by atoms with Gasteiger partial charge in [0.05, 0.1) is 34.5 Å². The Morgan fingerprint density at radius 1 is 1.28 bits per heavy atom. The Labute approximate surface area is 188 Å². The normalized spacial score (nSPS) is 14.0. The van der Waals surface area contributed by atoms with Crippen LogP contribution in [0.25, 0.3) is 33.2 Å². The number of hydrogen-bond donors (Lipinski definition) is 1. The number of alkyl halides is 3. The van der Waals surface area contributed by atoms with Gasteiger partial charge in [-0.1, -0.05) is 22.8 Å². The molecule has 1 atom stereocenters. The topological polar surface area (TPSA) is 77.0 Å². The van der Waals surface area contributed by atoms with Crippen LogP contribution in [0.4, 0.5) is 17.6 Å². The van der Waals surface area contributed by atoms with Crippen LogP contribution in [0.2, 0.25) is 5.02 Å². The smallest absolute Gasteiger partial charge is 0.397 e. The van der Waals surface area contributed by atoms with Crippen molar-refractivity contribution in [2.45, 2.75) is 25.1 Å². The minimum absolute atomic E-state index is 0.0106. The summed E-state index contributed by atoms with van der Waals surface area (Å²) >= 11 is 7.29. The molecule has 3 aromatic heterocycles. The van der Waals surface area contributed by atoms with Crippen LogP contribution in [-0.4, -0.2) is 38.4 Å². The molecule has 0 aliphatic carbocycles. The molecule has 0 bridgehead atoms. The molecule has 0 aliphatic rings. The van der Waals surface area contributed by atoms with E-state index in [1.807, 2.05) is 0 Å². The summed E-state index contributed by atoms with van der Waals surface area (Å²) in [4.78, 5) is 4.15. The van der Waals surface area contributed by atoms with E-state index in [2.05, 4.69) is 15.2 Å². The molecule has 32 heavy (non-hydrogen) atoms. The van der Waals surface area contributed by atoms with Crippen molar-refractivity contribution in [3.63, 3.8) is 0 Å². The second kappa shape index (κ2) is 8.02. The second-order valence-electron chi connectivity index (χ2n) is 7.54. The van der Waals surface area contributed by atoms with Crippen LogP contribution in [0.3, 0.4) is 0 Å². The van der Waals surface area contributed by atoms with Crippen molar-refractivity contribution < 1.29 is 27.2 Å². The number of aliphatic hydroxyl groups is 1. The molecule has 0 amide bonds. The van der Waals surface area contributed by atoms with E-state index in [0.717, 1.165) is 23.6 Å². The Balaban J connectivity index is 2.00. The van der Waals surface area contributed by atoms with Crippen LogP contribution in [-0.2, 0) is 12.7 Å². The molecule has 0 spiro atoms. The molecule has 0 aliphatic heterocycles. The molecule has 1 aromatic carbocycles. The fourth-order valence-electron chi connectivity index (χ4n) is 3.25. The lowest BCUT2D eigenvalue weighted by atomic mass is 9.84. The van der Waals surface area contributed by atoms with Crippen molar-refractivity contribution in [1.29, 1.82) is 0 Å². The van der Waals surface area contributed by atoms with E-state index in [9.17, 15) is 22.7 Å². The fraction of sp³-hybridized carbons (Fsp3) is 0.211. The van der Waals surface area contributed by atoms with Gasteiger partial charge in [-0.05, 0) is 19.1 Å². The number of thiazole rings is 1. The van der Waals surface area contributed by atoms with Crippen molar-refractivity contribution in [3.05, 3.63) is 52.5 Å². The van der Waals surface area contributed by atoms with Gasteiger partial charge in [-0.3, -0.25) is 4.68 Å². The van der Waals surface area contributed by atoms with E-state index in [0.29, 0.717) is 4.68 Å². The lowest BCUT2D eigenvalue weighted by Crippen LogP contribution is -2.33. The highest BCUT2D eigenvalue weighted by atomic mass is 35.5. The third kappa shape index (κ3) is 4.17. The molecule has 0 saturated carbocycles. The maximum Gasteiger partial charge on any atom is 0.433 e. The largest absolute Gasteiger partial charge is 0.433 e. The quantitative estimate of drug-likeness (QED) is 0.334. The van der Waals surface area contributed by atoms with E-state index < -0.39 is 35.3 Å². The Morgan fingerprint density at radius 2 is 2.03 bits per heavy atom. The first-order valence-corrected chi connectivity index (χ1v) is 10.4. The van der Waals surface area contributed by atoms with E-state index in [4.69, 9.17) is 16.1 Å². The van der Waals surface area contributed by atoms with Gasteiger partial charge in [-0.2, -0.15) is 18.3 Å². The zero-order valence-corrected chi connectivity index (χ0v) is 18.2. The first-order chi connectivity index (χ1) is 15.0. The molecule has 4 aromatic rings. The summed E-state index contributed by atoms with van der Waals surface area (Å²) in [5.74, 6) is -1.01. The van der Waals surface area contributed by atoms with Gasteiger partial charge in [0.1, 0.15) is 24.4 Å². The summed E-state index contributed by atoms with van der Waals surface area (Å²) in [6.45, 7) is 0.941. The van der Waals surface area contributed by atoms with Crippen LogP contribution in [0.5, 0.6) is 0 Å². The second-order valence-corrected chi connectivity index (χ2v) is 8.85. The van der Waals surface area contributed by atoms with Crippen LogP contribution >= 0.6 is 22.9 Å². The molecule has 1 unspecified atom stereocenters. The van der Waals surface area contributed by atoms with Gasteiger partial charge in [0, 0.05) is 17.1 Å². The molecule has 6 nitrogen and oxygen atoms in total. The van der Waals surface area contributed by atoms with Gasteiger partial charge in [-0.15, -0.1) is 11.3 Å². The Morgan fingerprint density at radius 3 is 2.62 bits per heavy atom. The standard InChI is InChI=1S/C19H14BClF4N4O2S/c1-18(20,30)8-29-16(19(23,24)25)9(7-27-29)15-13(17-26-5-6-32-17)14(28-31-15)12-10(21)3-2-4-11(12)22/h2-7,30H,8,20H2,1H3. The lowest BCUT2D eigenvalue weighted by molar-refractivity contribution is -0.144. The highest BCUT2D eigenvalue weighted by Crippen LogP contribution is 2.46. The van der Waals surface area contributed by atoms with Crippen LogP contribution in [0.1, 0.15) is 12.6 Å². The summed E-state index contributed by atoms with van der Waals surface area (Å²) in [6, 6.07) is 3.99. The van der Waals surface area contributed by atoms with Gasteiger partial charge >= 0.3 is 6.18 Å². The molecule has 1 N–H and O–H groups in total. The number of benzene rings is 1. The Bertz CT molecular complexity index is 1250. The van der Waals surface area contributed by atoms with Gasteiger partial charge in [0.15, 0.2) is 11.5 Å². The first kappa shape index (κ1) is 22.5. The van der Waals surface area contributed by atoms with Crippen molar-refractivity contribution >= 4 is 30.8 Å². The van der Waals surface area contributed by atoms with Crippen LogP contribution in [0.15, 0.2) is 40.5 Å². The molecule has 3 heterocycles. The summed E-state index contributed by atoms with van der Waals surface area (Å²) < 4.78 is 62.7. The van der Waals surface area contributed by atoms with E-state index in [-0.39, 0.29) is 32.6 Å². The lowest BCUT2D eigenvalue weighted by Gasteiger charge is -2.20. The molecular formula is C19H14BClF4N4O2S. The van der Waals surface area contributed by atoms with Crippen molar-refractivity contribution in [2.75, 3.05) is 0 Å². The predicted molar refractivity (Wildman–Crippen MR) is 113 cm³/mol. The molecule has 166 valence electrons. The molecule has 0 saturated heterocycles. The van der Waals surface area contributed by atoms with Gasteiger partial charge < -0.3 is 9.63 Å². The van der Waals surface area contributed by atoms with E-state index in [1.54, 1.807) is 5.38 Å². The third-order valence-electron chi connectivity index (χ3n) is 4.43. The van der Waals surface area contributed by atoms with Gasteiger partial charge in [0.2, 0.25) is 0 Å². The highest BCUT2D eigenvalue weighted by Gasteiger charge is 2.42. The van der Waals surface area contributed by atoms with Crippen LogP contribution < -0.4 is 0 Å². The monoisotopic (exact) mass is 484 g/mol. The molecular weight excluding hydrogens is 471 g/mol. The minimum Gasteiger partial charge on any atom is -0.397 e. The average molecular weight is 485 g/mol. The number of aromatic nitrogens is 4. The Kier molecular flexibility index (Phi) is 5.64. The van der Waals surface area contributed by atoms with Gasteiger partial charge in [0.25, 0.3) is 0 Å². The number of nitrogens with zero attached hydrogens (tertiary/aromatic N) is 4. The van der Waals surface area contributed by atoms with E-state index in [1.165, 1.54) is 33.1 Å². The predicted octanol–water partition coefficient (Wildman–Crippen LogP) is 4.48. The summed E-state index contributed by atoms with van der Waals surface area (Å²) in [7, 11) is 1.36. The maximum absolute atomic E-state index is 14.6. The molecule has 0 fully saturated rings. The van der Waals surface area contributed by atoms with Gasteiger partial charge in [-0.25, -0.2) is 9.37 Å². The third-order valence-corrected chi connectivity index (χ3v) is 5.53. The summed E-state index contributed by atoms with van der Waals surface area (Å²) in [5, 5.41) is 19.6. The average Bonchev–Trinajstić information content (AvgIpc) is 3.37. The number of rotatable bonds is 5. The highest BCUT2D eigenvalue weighted by molar-refractivity contribution is 7.13. The molecule has 13 heteroatoms. The zero-order valence-electron chi connectivity index (χ0n) is 16.6. The minimum atomic E-state index is -4.83. The first-order valence-electron chi connectivity index (χ1n) is 9.17. The number of hydrogen-bond acceptors (Lipinski definition) is 6. The number of halogens is 5. The maximum atomic E-state index is 14.6. The van der Waals surface area contributed by atoms with Crippen LogP contribution in [0, 0.1) is 5.82 Å². The zero-order chi connectivity index (χ0) is 23.3. The van der Waals surface area contributed by atoms with E-state index >= 15 is 0 Å². The molecule has 0 radical (unpaired) electrons. The molecule has 4 rings (SSSR count). The van der Waals surface area contributed by atoms with Crippen molar-refractivity contribution in [2.24, 2.45) is 0 Å².